The maximum Gasteiger partial charge on any atom is 0.457 e. The summed E-state index contributed by atoms with van der Waals surface area (Å²) in [7, 11) is 0. The van der Waals surface area contributed by atoms with Crippen LogP contribution < -0.4 is 10.5 Å². The molecule has 0 aliphatic rings. The molecule has 1 aromatic carbocycles. The number of nitrogens with two attached hydrogens (primary N) is 1. The molecule has 0 aliphatic carbocycles. The van der Waals surface area contributed by atoms with Gasteiger partial charge in [0.2, 0.25) is 5.88 Å². The minimum Gasteiger partial charge on any atom is -0.433 e. The molecule has 1 aromatic heterocycles. The lowest BCUT2D eigenvalue weighted by Crippen LogP contribution is -2.30. The molecule has 0 spiro atoms. The van der Waals surface area contributed by atoms with Crippen LogP contribution >= 0.6 is 23.2 Å². The van der Waals surface area contributed by atoms with Crippen molar-refractivity contribution in [2.75, 3.05) is 5.73 Å². The van der Waals surface area contributed by atoms with Crippen LogP contribution in [0.15, 0.2) is 18.2 Å². The van der Waals surface area contributed by atoms with Crippen LogP contribution in [0.2, 0.25) is 10.0 Å². The largest absolute Gasteiger partial charge is 0.457 e. The van der Waals surface area contributed by atoms with Gasteiger partial charge in [0.05, 0.1) is 15.6 Å². The Balaban J connectivity index is 2.43. The van der Waals surface area contributed by atoms with Crippen molar-refractivity contribution in [2.45, 2.75) is 18.7 Å². The molecule has 2 rings (SSSR count). The first kappa shape index (κ1) is 19.4. The van der Waals surface area contributed by atoms with Crippen LogP contribution in [-0.4, -0.2) is 22.3 Å². The number of nitrogens with zero attached hydrogens (tertiary/aromatic N) is 2. The van der Waals surface area contributed by atoms with Gasteiger partial charge in [-0.2, -0.15) is 30.7 Å². The molecule has 0 fully saturated rings. The summed E-state index contributed by atoms with van der Waals surface area (Å²) >= 11 is 11.5. The van der Waals surface area contributed by atoms with Crippen molar-refractivity contribution in [2.24, 2.45) is 0 Å². The van der Waals surface area contributed by atoms with Gasteiger partial charge in [-0.15, -0.1) is 5.10 Å². The topological polar surface area (TPSA) is 53.1 Å². The quantitative estimate of drug-likeness (QED) is 0.721. The Labute approximate surface area is 144 Å². The Kier molecular flexibility index (Phi) is 5.01. The highest BCUT2D eigenvalue weighted by molar-refractivity contribution is 6.37. The number of hydrogen-bond donors (Lipinski definition) is 1. The third-order valence-corrected chi connectivity index (χ3v) is 3.33. The summed E-state index contributed by atoms with van der Waals surface area (Å²) in [6, 6.07) is 1.78. The molecule has 2 aromatic rings. The molecular weight excluding hydrogens is 406 g/mol. The molecule has 0 saturated carbocycles. The van der Waals surface area contributed by atoms with E-state index in [4.69, 9.17) is 28.9 Å². The number of anilines is 1. The Morgan fingerprint density at radius 1 is 1.04 bits per heavy atom. The number of halogens is 9. The maximum atomic E-state index is 12.9. The number of ether oxygens (including phenoxy) is 1. The van der Waals surface area contributed by atoms with Gasteiger partial charge in [0.25, 0.3) is 0 Å². The number of hydrogen-bond acceptors (Lipinski definition) is 3. The Morgan fingerprint density at radius 2 is 1.56 bits per heavy atom. The van der Waals surface area contributed by atoms with E-state index >= 15 is 0 Å². The van der Waals surface area contributed by atoms with Gasteiger partial charge in [0.15, 0.2) is 0 Å². The second-order valence-electron chi connectivity index (χ2n) is 4.58. The van der Waals surface area contributed by atoms with E-state index in [1.807, 2.05) is 0 Å². The summed E-state index contributed by atoms with van der Waals surface area (Å²) in [5, 5.41) is 2.36. The Bertz CT molecular complexity index is 765. The minimum absolute atomic E-state index is 0.342. The van der Waals surface area contributed by atoms with Crippen LogP contribution in [0.5, 0.6) is 5.88 Å². The van der Waals surface area contributed by atoms with E-state index in [1.165, 1.54) is 0 Å². The average molecular weight is 412 g/mol. The summed E-state index contributed by atoms with van der Waals surface area (Å²) < 4.78 is 91.9. The van der Waals surface area contributed by atoms with Crippen LogP contribution in [0.25, 0.3) is 5.69 Å². The number of benzene rings is 1. The van der Waals surface area contributed by atoms with Crippen LogP contribution in [0, 0.1) is 0 Å². The number of aromatic nitrogens is 2. The molecule has 13 heteroatoms. The van der Waals surface area contributed by atoms with Crippen molar-refractivity contribution in [3.8, 4) is 11.6 Å². The van der Waals surface area contributed by atoms with E-state index in [9.17, 15) is 30.7 Å². The lowest BCUT2D eigenvalue weighted by Gasteiger charge is -2.13. The van der Waals surface area contributed by atoms with Crippen molar-refractivity contribution in [1.82, 2.24) is 9.78 Å². The molecule has 1 heterocycles. The standard InChI is InChI=1S/C12H6Cl2F7N3O/c13-5-1-4(11(16,17)18)2-6(14)9(5)24-7(22)3-8(23-24)25-10(15)12(19,20)21/h1-3,10H,22H2. The van der Waals surface area contributed by atoms with Crippen LogP contribution in [0.4, 0.5) is 36.6 Å². The highest BCUT2D eigenvalue weighted by atomic mass is 35.5. The molecular formula is C12H6Cl2F7N3O. The van der Waals surface area contributed by atoms with Gasteiger partial charge in [-0.25, -0.2) is 4.68 Å². The summed E-state index contributed by atoms with van der Waals surface area (Å²) in [6.45, 7) is 0. The number of rotatable bonds is 3. The van der Waals surface area contributed by atoms with E-state index in [2.05, 4.69) is 9.84 Å². The van der Waals surface area contributed by atoms with Gasteiger partial charge in [-0.3, -0.25) is 0 Å². The van der Waals surface area contributed by atoms with Crippen molar-refractivity contribution < 1.29 is 35.5 Å². The molecule has 2 N–H and O–H groups in total. The molecule has 25 heavy (non-hydrogen) atoms. The van der Waals surface area contributed by atoms with Gasteiger partial charge in [0.1, 0.15) is 11.5 Å². The summed E-state index contributed by atoms with van der Waals surface area (Å²) in [6.07, 6.45) is -13.7. The van der Waals surface area contributed by atoms with E-state index < -0.39 is 46.0 Å². The molecule has 0 amide bonds. The Morgan fingerprint density at radius 3 is 2.00 bits per heavy atom. The van der Waals surface area contributed by atoms with Gasteiger partial charge >= 0.3 is 18.7 Å². The van der Waals surface area contributed by atoms with Gasteiger partial charge in [-0.05, 0) is 12.1 Å². The third kappa shape index (κ3) is 4.21. The molecule has 1 unspecified atom stereocenters. The van der Waals surface area contributed by atoms with Crippen molar-refractivity contribution >= 4 is 29.0 Å². The number of alkyl halides is 7. The molecule has 138 valence electrons. The zero-order valence-corrected chi connectivity index (χ0v) is 13.1. The predicted molar refractivity (Wildman–Crippen MR) is 74.6 cm³/mol. The summed E-state index contributed by atoms with van der Waals surface area (Å²) in [5.41, 5.74) is 4.00. The lowest BCUT2D eigenvalue weighted by molar-refractivity contribution is -0.237. The molecule has 1 atom stereocenters. The van der Waals surface area contributed by atoms with Gasteiger partial charge in [0, 0.05) is 6.07 Å². The van der Waals surface area contributed by atoms with E-state index in [1.54, 1.807) is 0 Å². The zero-order chi connectivity index (χ0) is 19.2. The second-order valence-corrected chi connectivity index (χ2v) is 5.40. The van der Waals surface area contributed by atoms with Gasteiger partial charge in [-0.1, -0.05) is 23.2 Å². The van der Waals surface area contributed by atoms with Crippen LogP contribution in [-0.2, 0) is 6.18 Å². The van der Waals surface area contributed by atoms with E-state index in [-0.39, 0.29) is 5.69 Å². The van der Waals surface area contributed by atoms with Crippen LogP contribution in [0.3, 0.4) is 0 Å². The van der Waals surface area contributed by atoms with Crippen LogP contribution in [0.1, 0.15) is 5.56 Å². The fourth-order valence-electron chi connectivity index (χ4n) is 1.71. The monoisotopic (exact) mass is 411 g/mol. The first-order valence-corrected chi connectivity index (χ1v) is 6.86. The highest BCUT2D eigenvalue weighted by Gasteiger charge is 2.43. The normalized spacial score (nSPS) is 13.8. The maximum absolute atomic E-state index is 12.9. The average Bonchev–Trinajstić information content (AvgIpc) is 2.76. The SMILES string of the molecule is Nc1cc(OC(F)C(F)(F)F)nn1-c1c(Cl)cc(C(F)(F)F)cc1Cl. The van der Waals surface area contributed by atoms with E-state index in [0.29, 0.717) is 16.8 Å². The smallest absolute Gasteiger partial charge is 0.433 e. The zero-order valence-electron chi connectivity index (χ0n) is 11.6. The molecule has 4 nitrogen and oxygen atoms in total. The molecule has 0 bridgehead atoms. The molecule has 0 aliphatic heterocycles. The third-order valence-electron chi connectivity index (χ3n) is 2.75. The fraction of sp³-hybridized carbons (Fsp3) is 0.250. The predicted octanol–water partition coefficient (Wildman–Crippen LogP) is 5.02. The van der Waals surface area contributed by atoms with Crippen molar-refractivity contribution in [3.63, 3.8) is 0 Å². The van der Waals surface area contributed by atoms with Crippen molar-refractivity contribution in [3.05, 3.63) is 33.8 Å². The lowest BCUT2D eigenvalue weighted by atomic mass is 10.2. The summed E-state index contributed by atoms with van der Waals surface area (Å²) in [5.74, 6) is -1.26. The number of nitrogen functional groups attached to an aromatic ring is 1. The first-order valence-electron chi connectivity index (χ1n) is 6.10. The van der Waals surface area contributed by atoms with Gasteiger partial charge < -0.3 is 10.5 Å². The van der Waals surface area contributed by atoms with Crippen molar-refractivity contribution in [1.29, 1.82) is 0 Å². The minimum atomic E-state index is -5.30. The second kappa shape index (κ2) is 6.45. The summed E-state index contributed by atoms with van der Waals surface area (Å²) in [4.78, 5) is 0. The Hall–Kier alpha value is -1.88. The molecule has 0 saturated heterocycles. The van der Waals surface area contributed by atoms with E-state index in [0.717, 1.165) is 6.07 Å². The molecule has 0 radical (unpaired) electrons. The fourth-order valence-corrected chi connectivity index (χ4v) is 2.36. The first-order chi connectivity index (χ1) is 11.3. The highest BCUT2D eigenvalue weighted by Crippen LogP contribution is 2.38.